The lowest BCUT2D eigenvalue weighted by atomic mass is 9.98. The van der Waals surface area contributed by atoms with Crippen molar-refractivity contribution in [1.29, 1.82) is 0 Å². The fraction of sp³-hybridized carbons (Fsp3) is 0.200. The molecule has 4 rings (SSSR count). The van der Waals surface area contributed by atoms with Gasteiger partial charge < -0.3 is 14.8 Å². The Bertz CT molecular complexity index is 1250. The lowest BCUT2D eigenvalue weighted by Gasteiger charge is -2.14. The molecule has 0 spiro atoms. The summed E-state index contributed by atoms with van der Waals surface area (Å²) in [4.78, 5) is 26.9. The number of hydrogen-bond acceptors (Lipinski definition) is 6. The smallest absolute Gasteiger partial charge is 0.407 e. The summed E-state index contributed by atoms with van der Waals surface area (Å²) in [5.41, 5.74) is 5.09. The molecule has 33 heavy (non-hydrogen) atoms. The van der Waals surface area contributed by atoms with Gasteiger partial charge >= 0.3 is 11.8 Å². The zero-order chi connectivity index (χ0) is 23.4. The Labute approximate surface area is 190 Å². The van der Waals surface area contributed by atoms with Crippen LogP contribution in [0.5, 0.6) is 5.88 Å². The average molecular weight is 443 g/mol. The van der Waals surface area contributed by atoms with Gasteiger partial charge in [0.2, 0.25) is 0 Å². The number of amides is 1. The first-order chi connectivity index (χ1) is 16.0. The fourth-order valence-corrected chi connectivity index (χ4v) is 3.96. The number of nitrogens with zero attached hydrogens (tertiary/aromatic N) is 2. The quantitative estimate of drug-likeness (QED) is 0.360. The molecule has 0 unspecified atom stereocenters. The van der Waals surface area contributed by atoms with Crippen LogP contribution in [0.15, 0.2) is 54.7 Å². The van der Waals surface area contributed by atoms with Crippen LogP contribution in [0.2, 0.25) is 0 Å². The summed E-state index contributed by atoms with van der Waals surface area (Å²) >= 11 is 0. The third-order valence-corrected chi connectivity index (χ3v) is 5.54. The highest BCUT2D eigenvalue weighted by Crippen LogP contribution is 2.44. The predicted octanol–water partition coefficient (Wildman–Crippen LogP) is 4.20. The molecule has 0 bridgehead atoms. The number of nitro groups is 1. The molecule has 1 amide bonds. The van der Waals surface area contributed by atoms with Crippen molar-refractivity contribution in [2.24, 2.45) is 0 Å². The Morgan fingerprint density at radius 3 is 2.39 bits per heavy atom. The third kappa shape index (κ3) is 4.34. The van der Waals surface area contributed by atoms with Gasteiger partial charge in [0.25, 0.3) is 5.88 Å². The number of alkyl carbamates (subject to hydrolysis) is 1. The van der Waals surface area contributed by atoms with Crippen LogP contribution < -0.4 is 10.1 Å². The van der Waals surface area contributed by atoms with Crippen molar-refractivity contribution >= 4 is 11.8 Å². The van der Waals surface area contributed by atoms with Gasteiger partial charge in [0.15, 0.2) is 0 Å². The van der Waals surface area contributed by atoms with E-state index >= 15 is 0 Å². The lowest BCUT2D eigenvalue weighted by Crippen LogP contribution is -2.26. The number of fused-ring (bicyclic) bond motifs is 3. The van der Waals surface area contributed by atoms with Crippen LogP contribution in [0.4, 0.5) is 10.5 Å². The number of carbonyl (C=O) groups excluding carboxylic acids is 1. The van der Waals surface area contributed by atoms with Crippen LogP contribution in [0.25, 0.3) is 11.1 Å². The Hall–Kier alpha value is -4.38. The molecule has 0 fully saturated rings. The van der Waals surface area contributed by atoms with Gasteiger partial charge in [-0.05, 0) is 29.2 Å². The zero-order valence-corrected chi connectivity index (χ0v) is 18.1. The van der Waals surface area contributed by atoms with Crippen molar-refractivity contribution in [1.82, 2.24) is 10.3 Å². The van der Waals surface area contributed by atoms with E-state index < -0.39 is 11.0 Å². The maximum atomic E-state index is 12.2. The summed E-state index contributed by atoms with van der Waals surface area (Å²) in [6, 6.07) is 16.2. The molecule has 0 aliphatic heterocycles. The summed E-state index contributed by atoms with van der Waals surface area (Å²) < 4.78 is 10.4. The first-order valence-corrected chi connectivity index (χ1v) is 10.3. The number of hydrogen-bond donors (Lipinski definition) is 1. The van der Waals surface area contributed by atoms with Crippen LogP contribution in [0.1, 0.15) is 28.2 Å². The van der Waals surface area contributed by atoms with Gasteiger partial charge in [-0.25, -0.2) is 9.78 Å². The van der Waals surface area contributed by atoms with Crippen molar-refractivity contribution in [2.75, 3.05) is 20.3 Å². The average Bonchev–Trinajstić information content (AvgIpc) is 3.14. The first kappa shape index (κ1) is 21.8. The monoisotopic (exact) mass is 443 g/mol. The molecule has 0 saturated heterocycles. The van der Waals surface area contributed by atoms with E-state index in [-0.39, 0.29) is 30.6 Å². The molecule has 1 aromatic heterocycles. The van der Waals surface area contributed by atoms with Gasteiger partial charge in [-0.2, -0.15) is 0 Å². The van der Waals surface area contributed by atoms with E-state index in [1.165, 1.54) is 13.3 Å². The van der Waals surface area contributed by atoms with Crippen LogP contribution >= 0.6 is 0 Å². The van der Waals surface area contributed by atoms with Gasteiger partial charge in [0, 0.05) is 17.7 Å². The number of nitrogens with one attached hydrogen (secondary N) is 1. The largest absolute Gasteiger partial charge is 0.476 e. The van der Waals surface area contributed by atoms with Crippen molar-refractivity contribution in [3.05, 3.63) is 87.1 Å². The Kier molecular flexibility index (Phi) is 6.22. The van der Waals surface area contributed by atoms with E-state index in [0.29, 0.717) is 11.1 Å². The van der Waals surface area contributed by atoms with Gasteiger partial charge in [-0.1, -0.05) is 60.4 Å². The van der Waals surface area contributed by atoms with Crippen molar-refractivity contribution in [3.8, 4) is 28.8 Å². The SMILES string of the molecule is COc1ncc(C#CCNC(=O)OCC2c3ccccc3-c3ccccc32)c(C)c1[N+](=O)[O-]. The van der Waals surface area contributed by atoms with Gasteiger partial charge in [-0.15, -0.1) is 0 Å². The van der Waals surface area contributed by atoms with Crippen molar-refractivity contribution in [3.63, 3.8) is 0 Å². The number of methoxy groups -OCH3 is 1. The lowest BCUT2D eigenvalue weighted by molar-refractivity contribution is -0.386. The second-order valence-electron chi connectivity index (χ2n) is 7.39. The molecule has 1 aliphatic carbocycles. The summed E-state index contributed by atoms with van der Waals surface area (Å²) in [5, 5.41) is 13.9. The number of pyridine rings is 1. The highest BCUT2D eigenvalue weighted by molar-refractivity contribution is 5.79. The maximum Gasteiger partial charge on any atom is 0.407 e. The number of carbonyl (C=O) groups is 1. The number of rotatable bonds is 5. The normalized spacial score (nSPS) is 11.6. The molecule has 3 aromatic rings. The van der Waals surface area contributed by atoms with Crippen LogP contribution in [0, 0.1) is 28.9 Å². The highest BCUT2D eigenvalue weighted by atomic mass is 16.6. The minimum Gasteiger partial charge on any atom is -0.476 e. The van der Waals surface area contributed by atoms with E-state index in [4.69, 9.17) is 9.47 Å². The van der Waals surface area contributed by atoms with Crippen LogP contribution in [0.3, 0.4) is 0 Å². The molecule has 1 aliphatic rings. The summed E-state index contributed by atoms with van der Waals surface area (Å²) in [5.74, 6) is 5.47. The van der Waals surface area contributed by atoms with E-state index in [1.54, 1.807) is 6.92 Å². The van der Waals surface area contributed by atoms with Gasteiger partial charge in [0.05, 0.1) is 24.1 Å². The maximum absolute atomic E-state index is 12.2. The zero-order valence-electron chi connectivity index (χ0n) is 18.1. The molecule has 8 heteroatoms. The predicted molar refractivity (Wildman–Crippen MR) is 122 cm³/mol. The van der Waals surface area contributed by atoms with Crippen molar-refractivity contribution < 1.29 is 19.2 Å². The second kappa shape index (κ2) is 9.40. The minimum absolute atomic E-state index is 0.0238. The Morgan fingerprint density at radius 2 is 1.79 bits per heavy atom. The fourth-order valence-electron chi connectivity index (χ4n) is 3.96. The van der Waals surface area contributed by atoms with Crippen LogP contribution in [-0.4, -0.2) is 36.3 Å². The van der Waals surface area contributed by atoms with Crippen molar-refractivity contribution in [2.45, 2.75) is 12.8 Å². The van der Waals surface area contributed by atoms with E-state index in [1.807, 2.05) is 24.3 Å². The molecule has 1 N–H and O–H groups in total. The Morgan fingerprint density at radius 1 is 1.15 bits per heavy atom. The van der Waals surface area contributed by atoms with Gasteiger partial charge in [0.1, 0.15) is 6.61 Å². The molecular formula is C25H21N3O5. The van der Waals surface area contributed by atoms with E-state index in [0.717, 1.165) is 22.3 Å². The molecule has 1 heterocycles. The second-order valence-corrected chi connectivity index (χ2v) is 7.39. The highest BCUT2D eigenvalue weighted by Gasteiger charge is 2.29. The molecular weight excluding hydrogens is 422 g/mol. The molecule has 0 saturated carbocycles. The standard InChI is InChI=1S/C25H21N3O5/c1-16-17(14-27-24(32-2)23(16)28(30)31)8-7-13-26-25(29)33-15-22-20-11-5-3-9-18(20)19-10-4-6-12-21(19)22/h3-6,9-12,14,22H,13,15H2,1-2H3,(H,26,29). The minimum atomic E-state index is -0.582. The molecule has 0 radical (unpaired) electrons. The molecule has 0 atom stereocenters. The number of ether oxygens (including phenoxy) is 2. The topological polar surface area (TPSA) is 104 Å². The third-order valence-electron chi connectivity index (χ3n) is 5.54. The van der Waals surface area contributed by atoms with Crippen LogP contribution in [-0.2, 0) is 4.74 Å². The summed E-state index contributed by atoms with van der Waals surface area (Å²) in [6.45, 7) is 1.81. The first-order valence-electron chi connectivity index (χ1n) is 10.3. The number of aromatic nitrogens is 1. The Balaban J connectivity index is 1.37. The van der Waals surface area contributed by atoms with Gasteiger partial charge in [-0.3, -0.25) is 10.1 Å². The summed E-state index contributed by atoms with van der Waals surface area (Å²) in [7, 11) is 1.32. The molecule has 166 valence electrons. The van der Waals surface area contributed by atoms with E-state index in [9.17, 15) is 14.9 Å². The molecule has 2 aromatic carbocycles. The number of benzene rings is 2. The molecule has 8 nitrogen and oxygen atoms in total. The summed E-state index contributed by atoms with van der Waals surface area (Å²) in [6.07, 6.45) is 0.822. The van der Waals surface area contributed by atoms with E-state index in [2.05, 4.69) is 46.4 Å².